The van der Waals surface area contributed by atoms with Crippen LogP contribution in [0.4, 0.5) is 0 Å². The lowest BCUT2D eigenvalue weighted by molar-refractivity contribution is 0.0128. The second-order valence-corrected chi connectivity index (χ2v) is 6.58. The highest BCUT2D eigenvalue weighted by molar-refractivity contribution is 5.92. The zero-order valence-electron chi connectivity index (χ0n) is 13.7. The molecule has 0 aromatic carbocycles. The number of morpholine rings is 1. The first-order chi connectivity index (χ1) is 11.7. The second kappa shape index (κ2) is 7.87. The van der Waals surface area contributed by atoms with Gasteiger partial charge in [0, 0.05) is 45.4 Å². The fourth-order valence-corrected chi connectivity index (χ4v) is 3.52. The molecule has 8 nitrogen and oxygen atoms in total. The number of hydrogen-bond donors (Lipinski definition) is 2. The zero-order chi connectivity index (χ0) is 16.9. The van der Waals surface area contributed by atoms with Crippen LogP contribution in [0.3, 0.4) is 0 Å². The lowest BCUT2D eigenvalue weighted by Crippen LogP contribution is -2.49. The van der Waals surface area contributed by atoms with Crippen molar-refractivity contribution in [1.29, 1.82) is 0 Å². The van der Waals surface area contributed by atoms with E-state index >= 15 is 0 Å². The van der Waals surface area contributed by atoms with Crippen LogP contribution in [0.2, 0.25) is 0 Å². The van der Waals surface area contributed by atoms with Crippen molar-refractivity contribution >= 4 is 5.91 Å². The number of rotatable bonds is 4. The fourth-order valence-electron chi connectivity index (χ4n) is 3.52. The van der Waals surface area contributed by atoms with Gasteiger partial charge in [-0.15, -0.1) is 0 Å². The highest BCUT2D eigenvalue weighted by Crippen LogP contribution is 2.24. The van der Waals surface area contributed by atoms with Crippen molar-refractivity contribution < 1.29 is 14.6 Å². The summed E-state index contributed by atoms with van der Waals surface area (Å²) in [5, 5.41) is 15.7. The molecule has 24 heavy (non-hydrogen) atoms. The van der Waals surface area contributed by atoms with Gasteiger partial charge in [0.2, 0.25) is 0 Å². The number of aliphatic hydroxyl groups excluding tert-OH is 1. The maximum atomic E-state index is 12.6. The molecule has 2 fully saturated rings. The fraction of sp³-hybridized carbons (Fsp3) is 0.688. The summed E-state index contributed by atoms with van der Waals surface area (Å²) in [4.78, 5) is 27.8. The molecule has 0 radical (unpaired) electrons. The summed E-state index contributed by atoms with van der Waals surface area (Å²) in [6, 6.07) is 2.75. The molecule has 2 N–H and O–H groups in total. The summed E-state index contributed by atoms with van der Waals surface area (Å²) < 4.78 is 5.37. The molecule has 3 rings (SSSR count). The normalized spacial score (nSPS) is 25.6. The molecule has 1 aromatic heterocycles. The highest BCUT2D eigenvalue weighted by atomic mass is 16.5. The van der Waals surface area contributed by atoms with Gasteiger partial charge in [0.05, 0.1) is 13.2 Å². The molecule has 0 aliphatic carbocycles. The number of H-pyrrole nitrogens is 1. The number of carbonyl (C=O) groups is 1. The van der Waals surface area contributed by atoms with Crippen molar-refractivity contribution in [1.82, 2.24) is 20.0 Å². The quantitative estimate of drug-likeness (QED) is 0.745. The standard InChI is InChI=1S/C16H24N4O4/c21-11-13-7-12(8-19-3-5-24-6-4-19)9-20(10-13)16(23)14-1-2-15(22)18-17-14/h1-2,12-13,21H,3-11H2,(H,18,22)/t12-,13+/m0/s1. The molecular formula is C16H24N4O4. The van der Waals surface area contributed by atoms with Gasteiger partial charge in [-0.25, -0.2) is 5.10 Å². The summed E-state index contributed by atoms with van der Waals surface area (Å²) in [6.07, 6.45) is 0.913. The summed E-state index contributed by atoms with van der Waals surface area (Å²) in [7, 11) is 0. The molecule has 2 saturated heterocycles. The molecule has 2 aliphatic heterocycles. The zero-order valence-corrected chi connectivity index (χ0v) is 13.7. The molecular weight excluding hydrogens is 312 g/mol. The molecule has 0 bridgehead atoms. The minimum atomic E-state index is -0.330. The van der Waals surface area contributed by atoms with Gasteiger partial charge in [-0.1, -0.05) is 0 Å². The molecule has 2 aliphatic rings. The molecule has 0 saturated carbocycles. The molecule has 2 atom stereocenters. The molecule has 8 heteroatoms. The Morgan fingerprint density at radius 2 is 2.04 bits per heavy atom. The number of amides is 1. The molecule has 1 amide bonds. The minimum Gasteiger partial charge on any atom is -0.396 e. The van der Waals surface area contributed by atoms with E-state index < -0.39 is 0 Å². The van der Waals surface area contributed by atoms with Crippen molar-refractivity contribution in [2.45, 2.75) is 6.42 Å². The Bertz CT molecular complexity index is 594. The number of nitrogens with zero attached hydrogens (tertiary/aromatic N) is 3. The van der Waals surface area contributed by atoms with E-state index in [2.05, 4.69) is 15.1 Å². The second-order valence-electron chi connectivity index (χ2n) is 6.58. The Kier molecular flexibility index (Phi) is 5.60. The van der Waals surface area contributed by atoms with E-state index in [0.717, 1.165) is 39.3 Å². The van der Waals surface area contributed by atoms with Crippen LogP contribution in [-0.4, -0.2) is 83.6 Å². The number of aromatic amines is 1. The predicted octanol–water partition coefficient (Wildman–Crippen LogP) is -0.827. The molecule has 0 unspecified atom stereocenters. The number of likely N-dealkylation sites (tertiary alicyclic amines) is 1. The van der Waals surface area contributed by atoms with Gasteiger partial charge in [-0.2, -0.15) is 5.10 Å². The van der Waals surface area contributed by atoms with Gasteiger partial charge in [-0.05, 0) is 24.3 Å². The van der Waals surface area contributed by atoms with Crippen molar-refractivity contribution in [2.75, 3.05) is 52.5 Å². The number of aromatic nitrogens is 2. The first-order valence-electron chi connectivity index (χ1n) is 8.41. The summed E-state index contributed by atoms with van der Waals surface area (Å²) in [6.45, 7) is 5.47. The monoisotopic (exact) mass is 336 g/mol. The summed E-state index contributed by atoms with van der Waals surface area (Å²) >= 11 is 0. The minimum absolute atomic E-state index is 0.0719. The van der Waals surface area contributed by atoms with Crippen LogP contribution in [0.5, 0.6) is 0 Å². The van der Waals surface area contributed by atoms with Crippen molar-refractivity contribution in [2.24, 2.45) is 11.8 Å². The van der Waals surface area contributed by atoms with Gasteiger partial charge in [0.1, 0.15) is 5.69 Å². The largest absolute Gasteiger partial charge is 0.396 e. The van der Waals surface area contributed by atoms with Crippen LogP contribution in [0.15, 0.2) is 16.9 Å². The Balaban J connectivity index is 1.66. The van der Waals surface area contributed by atoms with Crippen LogP contribution in [0.25, 0.3) is 0 Å². The van der Waals surface area contributed by atoms with Crippen LogP contribution < -0.4 is 5.56 Å². The molecule has 132 valence electrons. The van der Waals surface area contributed by atoms with Gasteiger partial charge >= 0.3 is 0 Å². The smallest absolute Gasteiger partial charge is 0.274 e. The van der Waals surface area contributed by atoms with Gasteiger partial charge in [0.15, 0.2) is 0 Å². The van der Waals surface area contributed by atoms with Crippen molar-refractivity contribution in [3.05, 3.63) is 28.2 Å². The molecule has 0 spiro atoms. The number of aliphatic hydroxyl groups is 1. The van der Waals surface area contributed by atoms with E-state index in [-0.39, 0.29) is 29.7 Å². The number of carbonyl (C=O) groups excluding carboxylic acids is 1. The summed E-state index contributed by atoms with van der Waals surface area (Å²) in [5.41, 5.74) is -0.0954. The van der Waals surface area contributed by atoms with Crippen molar-refractivity contribution in [3.63, 3.8) is 0 Å². The Morgan fingerprint density at radius 1 is 1.29 bits per heavy atom. The number of nitrogens with one attached hydrogen (secondary N) is 1. The van der Waals surface area contributed by atoms with E-state index in [0.29, 0.717) is 19.0 Å². The SMILES string of the molecule is O=C(c1ccc(=O)[nH]n1)N1C[C@H](CO)C[C@@H](CN2CCOCC2)C1. The summed E-state index contributed by atoms with van der Waals surface area (Å²) in [5.74, 6) is 0.202. The van der Waals surface area contributed by atoms with Crippen LogP contribution >= 0.6 is 0 Å². The number of ether oxygens (including phenoxy) is 1. The van der Waals surface area contributed by atoms with Gasteiger partial charge in [-0.3, -0.25) is 14.5 Å². The van der Waals surface area contributed by atoms with Crippen LogP contribution in [0.1, 0.15) is 16.9 Å². The number of hydrogen-bond acceptors (Lipinski definition) is 6. The average molecular weight is 336 g/mol. The first-order valence-corrected chi connectivity index (χ1v) is 8.41. The first kappa shape index (κ1) is 17.1. The van der Waals surface area contributed by atoms with E-state index in [1.165, 1.54) is 12.1 Å². The Morgan fingerprint density at radius 3 is 2.71 bits per heavy atom. The molecule has 3 heterocycles. The maximum Gasteiger partial charge on any atom is 0.274 e. The molecule has 1 aromatic rings. The topological polar surface area (TPSA) is 98.8 Å². The van der Waals surface area contributed by atoms with Gasteiger partial charge in [0.25, 0.3) is 11.5 Å². The highest BCUT2D eigenvalue weighted by Gasteiger charge is 2.32. The third-order valence-electron chi connectivity index (χ3n) is 4.69. The van der Waals surface area contributed by atoms with Crippen molar-refractivity contribution in [3.8, 4) is 0 Å². The Hall–Kier alpha value is -1.77. The van der Waals surface area contributed by atoms with Crippen LogP contribution in [0, 0.1) is 11.8 Å². The Labute approximate surface area is 140 Å². The van der Waals surface area contributed by atoms with E-state index in [4.69, 9.17) is 4.74 Å². The number of piperidine rings is 1. The van der Waals surface area contributed by atoms with E-state index in [1.54, 1.807) is 4.90 Å². The third-order valence-corrected chi connectivity index (χ3v) is 4.69. The lowest BCUT2D eigenvalue weighted by Gasteiger charge is -2.39. The lowest BCUT2D eigenvalue weighted by atomic mass is 9.89. The predicted molar refractivity (Wildman–Crippen MR) is 86.7 cm³/mol. The maximum absolute atomic E-state index is 12.6. The van der Waals surface area contributed by atoms with Crippen LogP contribution in [-0.2, 0) is 4.74 Å². The van der Waals surface area contributed by atoms with Gasteiger partial charge < -0.3 is 14.7 Å². The third kappa shape index (κ3) is 4.19. The van der Waals surface area contributed by atoms with E-state index in [1.807, 2.05) is 0 Å². The van der Waals surface area contributed by atoms with E-state index in [9.17, 15) is 14.7 Å². The average Bonchev–Trinajstić information content (AvgIpc) is 2.62.